The number of benzene rings is 1. The van der Waals surface area contributed by atoms with Crippen LogP contribution in [0.4, 0.5) is 9.18 Å². The minimum Gasteiger partial charge on any atom is -0.444 e. The van der Waals surface area contributed by atoms with Gasteiger partial charge in [-0.15, -0.1) is 0 Å². The Kier molecular flexibility index (Phi) is 4.27. The predicted molar refractivity (Wildman–Crippen MR) is 86.8 cm³/mol. The molecule has 2 aliphatic rings. The molecule has 2 atom stereocenters. The standard InChI is InChI=1S/C17H22ClFN2O2/c1-17(2,3)23-16(22)21-8-11-12(9-21)15(11)20-7-10-13(18)5-4-6-14(10)19/h4-6,11-12,15,20H,7-9H2,1-3H3. The fourth-order valence-electron chi connectivity index (χ4n) is 3.23. The molecule has 4 nitrogen and oxygen atoms in total. The van der Waals surface area contributed by atoms with Gasteiger partial charge in [0.2, 0.25) is 0 Å². The second-order valence-corrected chi connectivity index (χ2v) is 7.73. The summed E-state index contributed by atoms with van der Waals surface area (Å²) in [6.45, 7) is 7.40. The van der Waals surface area contributed by atoms with Gasteiger partial charge in [-0.25, -0.2) is 9.18 Å². The molecule has 0 spiro atoms. The van der Waals surface area contributed by atoms with Crippen molar-refractivity contribution in [3.05, 3.63) is 34.6 Å². The van der Waals surface area contributed by atoms with Crippen LogP contribution in [0.1, 0.15) is 26.3 Å². The van der Waals surface area contributed by atoms with E-state index >= 15 is 0 Å². The fraction of sp³-hybridized carbons (Fsp3) is 0.588. The number of piperidine rings is 1. The quantitative estimate of drug-likeness (QED) is 0.916. The minimum atomic E-state index is -0.469. The molecule has 1 saturated heterocycles. The highest BCUT2D eigenvalue weighted by Gasteiger charge is 2.56. The first-order valence-corrected chi connectivity index (χ1v) is 8.28. The Morgan fingerprint density at radius 1 is 1.39 bits per heavy atom. The lowest BCUT2D eigenvalue weighted by molar-refractivity contribution is 0.0269. The summed E-state index contributed by atoms with van der Waals surface area (Å²) in [5.41, 5.74) is 0.0338. The molecule has 1 saturated carbocycles. The molecule has 23 heavy (non-hydrogen) atoms. The van der Waals surface area contributed by atoms with Gasteiger partial charge in [-0.2, -0.15) is 0 Å². The van der Waals surface area contributed by atoms with E-state index in [4.69, 9.17) is 16.3 Å². The number of ether oxygens (including phenoxy) is 1. The van der Waals surface area contributed by atoms with E-state index in [0.717, 1.165) is 0 Å². The Bertz CT molecular complexity index is 585. The average Bonchev–Trinajstić information content (AvgIpc) is 2.89. The largest absolute Gasteiger partial charge is 0.444 e. The van der Waals surface area contributed by atoms with Crippen LogP contribution in [0.2, 0.25) is 5.02 Å². The summed E-state index contributed by atoms with van der Waals surface area (Å²) in [5.74, 6) is 0.562. The van der Waals surface area contributed by atoms with Crippen LogP contribution in [0.25, 0.3) is 0 Å². The lowest BCUT2D eigenvalue weighted by Gasteiger charge is -2.26. The molecule has 1 aromatic carbocycles. The number of rotatable bonds is 3. The molecule has 0 aromatic heterocycles. The third kappa shape index (κ3) is 3.61. The molecule has 1 aliphatic heterocycles. The number of likely N-dealkylation sites (tertiary alicyclic amines) is 1. The third-order valence-electron chi connectivity index (χ3n) is 4.42. The lowest BCUT2D eigenvalue weighted by Crippen LogP contribution is -2.39. The van der Waals surface area contributed by atoms with Crippen molar-refractivity contribution in [3.8, 4) is 0 Å². The number of halogens is 2. The summed E-state index contributed by atoms with van der Waals surface area (Å²) in [7, 11) is 0. The first-order chi connectivity index (χ1) is 10.8. The summed E-state index contributed by atoms with van der Waals surface area (Å²) < 4.78 is 19.1. The van der Waals surface area contributed by atoms with Gasteiger partial charge in [0.05, 0.1) is 0 Å². The molecule has 1 N–H and O–H groups in total. The van der Waals surface area contributed by atoms with E-state index < -0.39 is 5.60 Å². The van der Waals surface area contributed by atoms with Crippen LogP contribution < -0.4 is 5.32 Å². The Labute approximate surface area is 140 Å². The van der Waals surface area contributed by atoms with Crippen molar-refractivity contribution in [2.45, 2.75) is 39.0 Å². The number of hydrogen-bond acceptors (Lipinski definition) is 3. The van der Waals surface area contributed by atoms with Crippen LogP contribution in [0, 0.1) is 17.7 Å². The van der Waals surface area contributed by atoms with Gasteiger partial charge in [0.15, 0.2) is 0 Å². The summed E-state index contributed by atoms with van der Waals surface area (Å²) in [4.78, 5) is 13.8. The predicted octanol–water partition coefficient (Wildman–Crippen LogP) is 3.43. The van der Waals surface area contributed by atoms with Crippen molar-refractivity contribution in [1.29, 1.82) is 0 Å². The molecule has 0 radical (unpaired) electrons. The molecular weight excluding hydrogens is 319 g/mol. The Morgan fingerprint density at radius 2 is 2.04 bits per heavy atom. The van der Waals surface area contributed by atoms with Crippen LogP contribution in [-0.2, 0) is 11.3 Å². The third-order valence-corrected chi connectivity index (χ3v) is 4.78. The Morgan fingerprint density at radius 3 is 2.61 bits per heavy atom. The first kappa shape index (κ1) is 16.5. The van der Waals surface area contributed by atoms with Crippen LogP contribution in [-0.4, -0.2) is 35.7 Å². The van der Waals surface area contributed by atoms with Crippen molar-refractivity contribution < 1.29 is 13.9 Å². The zero-order valence-electron chi connectivity index (χ0n) is 13.6. The van der Waals surface area contributed by atoms with Crippen LogP contribution >= 0.6 is 11.6 Å². The lowest BCUT2D eigenvalue weighted by atomic mass is 10.2. The molecule has 1 aliphatic carbocycles. The van der Waals surface area contributed by atoms with Gasteiger partial charge >= 0.3 is 6.09 Å². The maximum atomic E-state index is 13.7. The maximum absolute atomic E-state index is 13.7. The first-order valence-electron chi connectivity index (χ1n) is 7.90. The summed E-state index contributed by atoms with van der Waals surface area (Å²) >= 11 is 6.03. The summed E-state index contributed by atoms with van der Waals surface area (Å²) in [5, 5.41) is 3.80. The second-order valence-electron chi connectivity index (χ2n) is 7.32. The van der Waals surface area contributed by atoms with E-state index in [1.165, 1.54) is 6.07 Å². The number of amides is 1. The molecule has 1 amide bonds. The number of nitrogens with zero attached hydrogens (tertiary/aromatic N) is 1. The molecule has 1 aromatic rings. The van der Waals surface area contributed by atoms with Gasteiger partial charge in [0, 0.05) is 36.3 Å². The normalized spacial score (nSPS) is 26.1. The van der Waals surface area contributed by atoms with E-state index in [0.29, 0.717) is 48.1 Å². The van der Waals surface area contributed by atoms with Crippen LogP contribution in [0.5, 0.6) is 0 Å². The maximum Gasteiger partial charge on any atom is 0.410 e. The number of carbonyl (C=O) groups is 1. The smallest absolute Gasteiger partial charge is 0.410 e. The van der Waals surface area contributed by atoms with Gasteiger partial charge in [-0.1, -0.05) is 17.7 Å². The second kappa shape index (κ2) is 5.95. The molecule has 126 valence electrons. The van der Waals surface area contributed by atoms with Crippen molar-refractivity contribution in [2.24, 2.45) is 11.8 Å². The summed E-state index contributed by atoms with van der Waals surface area (Å²) in [6.07, 6.45) is -0.249. The molecular formula is C17H22ClFN2O2. The highest BCUT2D eigenvalue weighted by Crippen LogP contribution is 2.46. The van der Waals surface area contributed by atoms with Crippen molar-refractivity contribution in [1.82, 2.24) is 10.2 Å². The number of hydrogen-bond donors (Lipinski definition) is 1. The number of nitrogens with one attached hydrogen (secondary N) is 1. The Balaban J connectivity index is 1.48. The van der Waals surface area contributed by atoms with E-state index in [9.17, 15) is 9.18 Å². The van der Waals surface area contributed by atoms with Gasteiger partial charge in [-0.3, -0.25) is 0 Å². The number of fused-ring (bicyclic) bond motifs is 1. The van der Waals surface area contributed by atoms with Crippen LogP contribution in [0.15, 0.2) is 18.2 Å². The van der Waals surface area contributed by atoms with Crippen molar-refractivity contribution in [3.63, 3.8) is 0 Å². The topological polar surface area (TPSA) is 41.6 Å². The van der Waals surface area contributed by atoms with E-state index in [2.05, 4.69) is 5.32 Å². The van der Waals surface area contributed by atoms with Gasteiger partial charge in [0.25, 0.3) is 0 Å². The zero-order valence-corrected chi connectivity index (χ0v) is 14.4. The molecule has 2 fully saturated rings. The van der Waals surface area contributed by atoms with Crippen molar-refractivity contribution in [2.75, 3.05) is 13.1 Å². The fourth-order valence-corrected chi connectivity index (χ4v) is 3.46. The highest BCUT2D eigenvalue weighted by molar-refractivity contribution is 6.31. The van der Waals surface area contributed by atoms with Gasteiger partial charge in [-0.05, 0) is 44.7 Å². The van der Waals surface area contributed by atoms with E-state index in [-0.39, 0.29) is 11.9 Å². The van der Waals surface area contributed by atoms with E-state index in [1.807, 2.05) is 20.8 Å². The summed E-state index contributed by atoms with van der Waals surface area (Å²) in [6, 6.07) is 5.04. The average molecular weight is 341 g/mol. The minimum absolute atomic E-state index is 0.249. The zero-order chi connectivity index (χ0) is 16.8. The van der Waals surface area contributed by atoms with Crippen molar-refractivity contribution >= 4 is 17.7 Å². The highest BCUT2D eigenvalue weighted by atomic mass is 35.5. The molecule has 0 bridgehead atoms. The molecule has 1 heterocycles. The SMILES string of the molecule is CC(C)(C)OC(=O)N1CC2C(C1)C2NCc1c(F)cccc1Cl. The molecule has 3 rings (SSSR count). The van der Waals surface area contributed by atoms with Gasteiger partial charge in [0.1, 0.15) is 11.4 Å². The monoisotopic (exact) mass is 340 g/mol. The van der Waals surface area contributed by atoms with E-state index in [1.54, 1.807) is 17.0 Å². The van der Waals surface area contributed by atoms with Crippen LogP contribution in [0.3, 0.4) is 0 Å². The molecule has 2 unspecified atom stereocenters. The number of carbonyl (C=O) groups excluding carboxylic acids is 1. The molecule has 6 heteroatoms. The van der Waals surface area contributed by atoms with Gasteiger partial charge < -0.3 is 15.0 Å². The Hall–Kier alpha value is -1.33.